The molecule has 1 aliphatic carbocycles. The number of carboxylic acid groups (broad SMARTS) is 1. The lowest BCUT2D eigenvalue weighted by Crippen LogP contribution is -2.88. The van der Waals surface area contributed by atoms with Crippen LogP contribution in [0.25, 0.3) is 10.9 Å². The molecule has 2 aliphatic rings. The SMILES string of the molecule is O=C(O)c1ccc2c(c1)c1c3n2CC[NH2+]C3CCC1. The van der Waals surface area contributed by atoms with E-state index in [1.54, 1.807) is 6.07 Å². The zero-order valence-electron chi connectivity index (χ0n) is 10.7. The van der Waals surface area contributed by atoms with Crippen LogP contribution in [0, 0.1) is 0 Å². The minimum Gasteiger partial charge on any atom is -0.478 e. The van der Waals surface area contributed by atoms with Gasteiger partial charge in [-0.2, -0.15) is 0 Å². The molecule has 1 unspecified atom stereocenters. The van der Waals surface area contributed by atoms with Gasteiger partial charge in [0.25, 0.3) is 0 Å². The molecule has 1 aromatic carbocycles. The van der Waals surface area contributed by atoms with E-state index in [1.165, 1.54) is 29.6 Å². The molecule has 0 bridgehead atoms. The molecular formula is C15H17N2O2+. The van der Waals surface area contributed by atoms with Crippen molar-refractivity contribution in [2.24, 2.45) is 0 Å². The van der Waals surface area contributed by atoms with Gasteiger partial charge in [0.05, 0.1) is 24.3 Å². The van der Waals surface area contributed by atoms with Crippen LogP contribution in [0.3, 0.4) is 0 Å². The highest BCUT2D eigenvalue weighted by Crippen LogP contribution is 2.37. The van der Waals surface area contributed by atoms with E-state index < -0.39 is 5.97 Å². The lowest BCUT2D eigenvalue weighted by atomic mass is 9.90. The summed E-state index contributed by atoms with van der Waals surface area (Å²) in [6, 6.07) is 6.16. The van der Waals surface area contributed by atoms with Crippen molar-refractivity contribution >= 4 is 16.9 Å². The molecule has 0 spiro atoms. The molecular weight excluding hydrogens is 240 g/mol. The topological polar surface area (TPSA) is 58.8 Å². The van der Waals surface area contributed by atoms with Gasteiger partial charge < -0.3 is 15.0 Å². The maximum Gasteiger partial charge on any atom is 0.335 e. The molecule has 4 nitrogen and oxygen atoms in total. The molecule has 1 aromatic heterocycles. The molecule has 4 heteroatoms. The first-order valence-electron chi connectivity index (χ1n) is 6.97. The van der Waals surface area contributed by atoms with Gasteiger partial charge in [-0.1, -0.05) is 0 Å². The predicted octanol–water partition coefficient (Wildman–Crippen LogP) is 1.29. The highest BCUT2D eigenvalue weighted by Gasteiger charge is 2.32. The first-order chi connectivity index (χ1) is 9.25. The lowest BCUT2D eigenvalue weighted by molar-refractivity contribution is -0.704. The first-order valence-corrected chi connectivity index (χ1v) is 6.97. The third-order valence-corrected chi connectivity index (χ3v) is 4.56. The van der Waals surface area contributed by atoms with Gasteiger partial charge in [0.15, 0.2) is 0 Å². The lowest BCUT2D eigenvalue weighted by Gasteiger charge is -2.27. The summed E-state index contributed by atoms with van der Waals surface area (Å²) in [5.74, 6) is -0.836. The highest BCUT2D eigenvalue weighted by molar-refractivity contribution is 5.95. The molecule has 2 heterocycles. The summed E-state index contributed by atoms with van der Waals surface area (Å²) >= 11 is 0. The second kappa shape index (κ2) is 3.84. The number of carboxylic acids is 1. The zero-order chi connectivity index (χ0) is 13.0. The molecule has 3 N–H and O–H groups in total. The number of aromatic nitrogens is 1. The average Bonchev–Trinajstić information content (AvgIpc) is 2.76. The number of carbonyl (C=O) groups is 1. The summed E-state index contributed by atoms with van der Waals surface area (Å²) < 4.78 is 2.42. The van der Waals surface area contributed by atoms with Crippen molar-refractivity contribution in [2.75, 3.05) is 6.54 Å². The number of hydrogen-bond acceptors (Lipinski definition) is 1. The van der Waals surface area contributed by atoms with Gasteiger partial charge in [-0.25, -0.2) is 4.79 Å². The van der Waals surface area contributed by atoms with E-state index in [1.807, 2.05) is 12.1 Å². The van der Waals surface area contributed by atoms with Gasteiger partial charge in [-0.3, -0.25) is 0 Å². The molecule has 4 rings (SSSR count). The fraction of sp³-hybridized carbons (Fsp3) is 0.400. The number of nitrogens with two attached hydrogens (primary N) is 1. The van der Waals surface area contributed by atoms with Gasteiger partial charge in [-0.05, 0) is 36.6 Å². The Balaban J connectivity index is 2.04. The fourth-order valence-corrected chi connectivity index (χ4v) is 3.77. The van der Waals surface area contributed by atoms with Crippen LogP contribution in [-0.2, 0) is 13.0 Å². The van der Waals surface area contributed by atoms with Crippen molar-refractivity contribution in [3.8, 4) is 0 Å². The van der Waals surface area contributed by atoms with Crippen molar-refractivity contribution < 1.29 is 15.2 Å². The van der Waals surface area contributed by atoms with Crippen LogP contribution in [0.2, 0.25) is 0 Å². The number of aryl methyl sites for hydroxylation is 1. The minimum absolute atomic E-state index is 0.401. The van der Waals surface area contributed by atoms with Crippen LogP contribution >= 0.6 is 0 Å². The molecule has 1 aliphatic heterocycles. The van der Waals surface area contributed by atoms with E-state index >= 15 is 0 Å². The van der Waals surface area contributed by atoms with E-state index in [0.717, 1.165) is 24.9 Å². The van der Waals surface area contributed by atoms with Crippen molar-refractivity contribution in [3.05, 3.63) is 35.0 Å². The number of nitrogens with zero attached hydrogens (tertiary/aromatic N) is 1. The van der Waals surface area contributed by atoms with Gasteiger partial charge in [0.2, 0.25) is 0 Å². The van der Waals surface area contributed by atoms with Crippen molar-refractivity contribution in [1.82, 2.24) is 4.57 Å². The number of benzene rings is 1. The molecule has 0 saturated heterocycles. The third-order valence-electron chi connectivity index (χ3n) is 4.56. The van der Waals surface area contributed by atoms with Crippen molar-refractivity contribution in [2.45, 2.75) is 31.8 Å². The summed E-state index contributed by atoms with van der Waals surface area (Å²) in [6.07, 6.45) is 3.55. The zero-order valence-corrected chi connectivity index (χ0v) is 10.7. The standard InChI is InChI=1S/C15H16N2O2/c18-15(19)9-4-5-13-11(8-9)10-2-1-3-12-14(10)17(13)7-6-16-12/h4-5,8,12,16H,1-3,6-7H2,(H,18,19)/p+1. The fourth-order valence-electron chi connectivity index (χ4n) is 3.77. The number of quaternary nitrogens is 1. The van der Waals surface area contributed by atoms with Gasteiger partial charge in [0, 0.05) is 17.3 Å². The Bertz CT molecular complexity index is 685. The van der Waals surface area contributed by atoms with E-state index in [9.17, 15) is 4.79 Å². The first kappa shape index (κ1) is 11.1. The number of rotatable bonds is 1. The van der Waals surface area contributed by atoms with Crippen LogP contribution in [0.1, 0.15) is 40.5 Å². The molecule has 19 heavy (non-hydrogen) atoms. The Morgan fingerprint density at radius 1 is 1.42 bits per heavy atom. The smallest absolute Gasteiger partial charge is 0.335 e. The summed E-state index contributed by atoms with van der Waals surface area (Å²) in [5.41, 5.74) is 4.47. The largest absolute Gasteiger partial charge is 0.478 e. The third kappa shape index (κ3) is 1.46. The average molecular weight is 257 g/mol. The maximum absolute atomic E-state index is 11.2. The van der Waals surface area contributed by atoms with Crippen LogP contribution < -0.4 is 5.32 Å². The molecule has 0 fully saturated rings. The molecule has 0 saturated carbocycles. The van der Waals surface area contributed by atoms with Crippen LogP contribution in [0.4, 0.5) is 0 Å². The number of hydrogen-bond donors (Lipinski definition) is 2. The van der Waals surface area contributed by atoms with Crippen molar-refractivity contribution in [1.29, 1.82) is 0 Å². The maximum atomic E-state index is 11.2. The second-order valence-electron chi connectivity index (χ2n) is 5.58. The van der Waals surface area contributed by atoms with Crippen LogP contribution in [0.15, 0.2) is 18.2 Å². The molecule has 1 atom stereocenters. The molecule has 0 amide bonds. The summed E-state index contributed by atoms with van der Waals surface area (Å²) in [7, 11) is 0. The summed E-state index contributed by atoms with van der Waals surface area (Å²) in [4.78, 5) is 11.2. The Labute approximate surface area is 111 Å². The minimum atomic E-state index is -0.836. The Morgan fingerprint density at radius 2 is 2.32 bits per heavy atom. The normalized spacial score (nSPS) is 21.4. The Hall–Kier alpha value is -1.81. The van der Waals surface area contributed by atoms with E-state index in [0.29, 0.717) is 11.6 Å². The van der Waals surface area contributed by atoms with Gasteiger partial charge in [0.1, 0.15) is 6.04 Å². The predicted molar refractivity (Wildman–Crippen MR) is 71.4 cm³/mol. The van der Waals surface area contributed by atoms with Crippen LogP contribution in [0.5, 0.6) is 0 Å². The monoisotopic (exact) mass is 257 g/mol. The van der Waals surface area contributed by atoms with Crippen LogP contribution in [-0.4, -0.2) is 22.2 Å². The van der Waals surface area contributed by atoms with Gasteiger partial charge >= 0.3 is 5.97 Å². The van der Waals surface area contributed by atoms with Gasteiger partial charge in [-0.15, -0.1) is 0 Å². The Kier molecular flexibility index (Phi) is 2.23. The number of fused-ring (bicyclic) bond motifs is 3. The molecule has 98 valence electrons. The van der Waals surface area contributed by atoms with E-state index in [2.05, 4.69) is 9.88 Å². The highest BCUT2D eigenvalue weighted by atomic mass is 16.4. The number of aromatic carboxylic acids is 1. The van der Waals surface area contributed by atoms with E-state index in [4.69, 9.17) is 5.11 Å². The van der Waals surface area contributed by atoms with Crippen molar-refractivity contribution in [3.63, 3.8) is 0 Å². The second-order valence-corrected chi connectivity index (χ2v) is 5.58. The van der Waals surface area contributed by atoms with E-state index in [-0.39, 0.29) is 0 Å². The summed E-state index contributed by atoms with van der Waals surface area (Å²) in [6.45, 7) is 2.16. The quantitative estimate of drug-likeness (QED) is 0.809. The molecule has 0 radical (unpaired) electrons. The summed E-state index contributed by atoms with van der Waals surface area (Å²) in [5, 5.41) is 12.8. The molecule has 2 aromatic rings. The Morgan fingerprint density at radius 3 is 3.16 bits per heavy atom.